The molecule has 1 aliphatic carbocycles. The van der Waals surface area contributed by atoms with E-state index in [0.717, 1.165) is 76.9 Å². The highest BCUT2D eigenvalue weighted by atomic mass is 16.2. The van der Waals surface area contributed by atoms with Gasteiger partial charge >= 0.3 is 0 Å². The van der Waals surface area contributed by atoms with Crippen molar-refractivity contribution in [1.29, 1.82) is 0 Å². The van der Waals surface area contributed by atoms with Gasteiger partial charge in [0.2, 0.25) is 11.7 Å². The molecular weight excluding hydrogens is 462 g/mol. The SMILES string of the molecule is C/C=C1/C[N@+]2(CC(=O)c3ccc4c(c3)CCN4C(C)=O)CC[C@]34C(=C(C=O)[C@H]1C[C@@H]32)Nc1ccccc14. The van der Waals surface area contributed by atoms with Gasteiger partial charge in [-0.1, -0.05) is 24.3 Å². The average molecular weight is 495 g/mol. The minimum atomic E-state index is -0.233. The van der Waals surface area contributed by atoms with E-state index in [4.69, 9.17) is 0 Å². The van der Waals surface area contributed by atoms with Crippen LogP contribution in [0.5, 0.6) is 0 Å². The lowest BCUT2D eigenvalue weighted by atomic mass is 9.61. The van der Waals surface area contributed by atoms with Crippen LogP contribution in [0.4, 0.5) is 11.4 Å². The number of amides is 1. The molecule has 6 heteroatoms. The molecule has 2 fully saturated rings. The number of rotatable bonds is 4. The minimum Gasteiger partial charge on any atom is -0.357 e. The number of piperidine rings is 1. The maximum Gasteiger partial charge on any atom is 0.223 e. The third-order valence-electron chi connectivity index (χ3n) is 10.00. The lowest BCUT2D eigenvalue weighted by Crippen LogP contribution is -2.64. The van der Waals surface area contributed by atoms with Crippen LogP contribution in [0, 0.1) is 5.92 Å². The molecule has 2 saturated heterocycles. The van der Waals surface area contributed by atoms with Gasteiger partial charge in [0.05, 0.1) is 12.0 Å². The van der Waals surface area contributed by atoms with Crippen molar-refractivity contribution in [3.05, 3.63) is 82.1 Å². The maximum atomic E-state index is 13.9. The number of nitrogens with one attached hydrogen (secondary N) is 1. The molecule has 1 spiro atoms. The fraction of sp³-hybridized carbons (Fsp3) is 0.387. The van der Waals surface area contributed by atoms with Crippen molar-refractivity contribution < 1.29 is 18.9 Å². The molecule has 4 atom stereocenters. The number of para-hydroxylation sites is 1. The first-order valence-electron chi connectivity index (χ1n) is 13.4. The van der Waals surface area contributed by atoms with Crippen LogP contribution in [-0.2, 0) is 21.4 Å². The number of carbonyl (C=O) groups is 3. The number of benzene rings is 2. The first-order chi connectivity index (χ1) is 17.9. The predicted molar refractivity (Wildman–Crippen MR) is 142 cm³/mol. The Balaban J connectivity index is 1.30. The third kappa shape index (κ3) is 2.88. The van der Waals surface area contributed by atoms with Crippen molar-refractivity contribution >= 4 is 29.4 Å². The first-order valence-corrected chi connectivity index (χ1v) is 13.4. The number of carbonyl (C=O) groups excluding carboxylic acids is 3. The molecule has 2 aromatic rings. The summed E-state index contributed by atoms with van der Waals surface area (Å²) in [4.78, 5) is 40.2. The van der Waals surface area contributed by atoms with Gasteiger partial charge in [0, 0.05) is 60.4 Å². The number of nitrogens with zero attached hydrogens (tertiary/aromatic N) is 2. The van der Waals surface area contributed by atoms with E-state index in [9.17, 15) is 14.4 Å². The first kappa shape index (κ1) is 22.7. The van der Waals surface area contributed by atoms with Crippen LogP contribution in [0.15, 0.2) is 65.4 Å². The minimum absolute atomic E-state index is 0.0431. The molecule has 4 heterocycles. The summed E-state index contributed by atoms with van der Waals surface area (Å²) in [7, 11) is 0. The van der Waals surface area contributed by atoms with Crippen LogP contribution in [0.2, 0.25) is 0 Å². The Morgan fingerprint density at radius 3 is 2.84 bits per heavy atom. The Labute approximate surface area is 217 Å². The van der Waals surface area contributed by atoms with Crippen molar-refractivity contribution in [1.82, 2.24) is 0 Å². The summed E-state index contributed by atoms with van der Waals surface area (Å²) < 4.78 is 0.747. The summed E-state index contributed by atoms with van der Waals surface area (Å²) in [6.07, 6.45) is 5.88. The second-order valence-electron chi connectivity index (χ2n) is 11.5. The van der Waals surface area contributed by atoms with Gasteiger partial charge in [-0.2, -0.15) is 0 Å². The van der Waals surface area contributed by atoms with Crippen LogP contribution in [0.3, 0.4) is 0 Å². The number of allylic oxidation sites excluding steroid dienone is 2. The average Bonchev–Trinajstić information content (AvgIpc) is 3.58. The van der Waals surface area contributed by atoms with Crippen LogP contribution in [-0.4, -0.2) is 54.7 Å². The summed E-state index contributed by atoms with van der Waals surface area (Å²) in [6.45, 7) is 6.52. The molecule has 1 amide bonds. The molecule has 4 aliphatic heterocycles. The van der Waals surface area contributed by atoms with Gasteiger partial charge in [0.1, 0.15) is 25.4 Å². The van der Waals surface area contributed by atoms with Crippen molar-refractivity contribution in [2.45, 2.75) is 44.6 Å². The molecule has 188 valence electrons. The van der Waals surface area contributed by atoms with Crippen LogP contribution in [0.25, 0.3) is 0 Å². The van der Waals surface area contributed by atoms with Crippen molar-refractivity contribution in [2.24, 2.45) is 5.92 Å². The monoisotopic (exact) mass is 494 g/mol. The lowest BCUT2D eigenvalue weighted by molar-refractivity contribution is -0.934. The molecule has 0 unspecified atom stereocenters. The number of aldehydes is 1. The van der Waals surface area contributed by atoms with E-state index in [1.807, 2.05) is 24.3 Å². The molecule has 2 bridgehead atoms. The molecule has 1 N–H and O–H groups in total. The second kappa shape index (κ2) is 7.75. The molecular formula is C31H32N3O3+. The van der Waals surface area contributed by atoms with Crippen LogP contribution >= 0.6 is 0 Å². The number of hydrogen-bond acceptors (Lipinski definition) is 4. The molecule has 0 aromatic heterocycles. The smallest absolute Gasteiger partial charge is 0.223 e. The van der Waals surface area contributed by atoms with Crippen LogP contribution < -0.4 is 10.2 Å². The predicted octanol–water partition coefficient (Wildman–Crippen LogP) is 4.16. The van der Waals surface area contributed by atoms with Gasteiger partial charge in [-0.3, -0.25) is 14.4 Å². The number of Topliss-reactive ketones (excluding diaryl/α,β-unsaturated/α-hetero) is 1. The van der Waals surface area contributed by atoms with Crippen molar-refractivity contribution in [3.8, 4) is 0 Å². The van der Waals surface area contributed by atoms with Gasteiger partial charge in [0.25, 0.3) is 0 Å². The molecule has 2 aromatic carbocycles. The number of quaternary nitrogens is 1. The van der Waals surface area contributed by atoms with Gasteiger partial charge < -0.3 is 14.7 Å². The highest BCUT2D eigenvalue weighted by molar-refractivity contribution is 5.99. The molecule has 5 aliphatic rings. The van der Waals surface area contributed by atoms with E-state index in [0.29, 0.717) is 13.1 Å². The van der Waals surface area contributed by atoms with E-state index in [-0.39, 0.29) is 29.1 Å². The highest BCUT2D eigenvalue weighted by Crippen LogP contribution is 2.63. The standard InChI is InChI=1S/C31H31N3O3/c1-3-20-16-34(17-28(37)22-8-9-27-21(14-22)10-12-33(27)19(2)36)13-11-31-25-6-4-5-7-26(25)32-30(31)24(18-35)23(20)15-29(31)34/h3-9,14,18,23,29H,10-13,15-17H2,1-2H3/p+1/b20-3-/t23-,29-,31+,34-/m0/s1. The summed E-state index contributed by atoms with van der Waals surface area (Å²) in [5.74, 6) is 0.331. The van der Waals surface area contributed by atoms with Gasteiger partial charge in [-0.05, 0) is 54.3 Å². The zero-order valence-electron chi connectivity index (χ0n) is 21.4. The summed E-state index contributed by atoms with van der Waals surface area (Å²) in [5.41, 5.74) is 8.17. The number of ketones is 1. The normalized spacial score (nSPS) is 31.6. The number of anilines is 2. The fourth-order valence-electron chi connectivity index (χ4n) is 8.41. The third-order valence-corrected chi connectivity index (χ3v) is 10.00. The van der Waals surface area contributed by atoms with Crippen molar-refractivity contribution in [2.75, 3.05) is 36.4 Å². The van der Waals surface area contributed by atoms with E-state index in [2.05, 4.69) is 36.5 Å². The van der Waals surface area contributed by atoms with E-state index >= 15 is 0 Å². The molecule has 7 rings (SSSR count). The number of hydrogen-bond donors (Lipinski definition) is 1. The fourth-order valence-corrected chi connectivity index (χ4v) is 8.41. The van der Waals surface area contributed by atoms with Crippen molar-refractivity contribution in [3.63, 3.8) is 0 Å². The summed E-state index contributed by atoms with van der Waals surface area (Å²) >= 11 is 0. The van der Waals surface area contributed by atoms with E-state index in [1.54, 1.807) is 11.8 Å². The number of fused-ring (bicyclic) bond motifs is 3. The molecule has 37 heavy (non-hydrogen) atoms. The van der Waals surface area contributed by atoms with Gasteiger partial charge in [-0.25, -0.2) is 0 Å². The Hall–Kier alpha value is -3.51. The summed E-state index contributed by atoms with van der Waals surface area (Å²) in [5, 5.41) is 3.67. The maximum absolute atomic E-state index is 13.9. The Morgan fingerprint density at radius 2 is 2.05 bits per heavy atom. The van der Waals surface area contributed by atoms with E-state index in [1.165, 1.54) is 11.1 Å². The Kier molecular flexibility index (Phi) is 4.75. The lowest BCUT2D eigenvalue weighted by Gasteiger charge is -2.53. The van der Waals surface area contributed by atoms with Gasteiger partial charge in [0.15, 0.2) is 0 Å². The van der Waals surface area contributed by atoms with E-state index < -0.39 is 0 Å². The molecule has 0 saturated carbocycles. The zero-order valence-corrected chi connectivity index (χ0v) is 21.4. The van der Waals surface area contributed by atoms with Crippen LogP contribution in [0.1, 0.15) is 48.2 Å². The topological polar surface area (TPSA) is 66.5 Å². The largest absolute Gasteiger partial charge is 0.357 e. The quantitative estimate of drug-likeness (QED) is 0.300. The zero-order chi connectivity index (χ0) is 25.5. The van der Waals surface area contributed by atoms with Gasteiger partial charge in [-0.15, -0.1) is 0 Å². The highest BCUT2D eigenvalue weighted by Gasteiger charge is 2.68. The summed E-state index contributed by atoms with van der Waals surface area (Å²) in [6, 6.07) is 14.6. The Bertz CT molecular complexity index is 1460. The molecule has 6 nitrogen and oxygen atoms in total. The Morgan fingerprint density at radius 1 is 1.22 bits per heavy atom. The molecule has 0 radical (unpaired) electrons. The second-order valence-corrected chi connectivity index (χ2v) is 11.5.